The van der Waals surface area contributed by atoms with Crippen LogP contribution in [0.1, 0.15) is 58.5 Å². The molecule has 4 nitrogen and oxygen atoms in total. The van der Waals surface area contributed by atoms with Crippen molar-refractivity contribution in [1.82, 2.24) is 0 Å². The van der Waals surface area contributed by atoms with E-state index in [4.69, 9.17) is 34.8 Å². The normalized spacial score (nSPS) is 17.4. The fourth-order valence-corrected chi connectivity index (χ4v) is 7.66. The van der Waals surface area contributed by atoms with Crippen LogP contribution < -0.4 is 0 Å². The van der Waals surface area contributed by atoms with Crippen LogP contribution in [0.25, 0.3) is 0 Å². The van der Waals surface area contributed by atoms with Crippen molar-refractivity contribution in [3.05, 3.63) is 98.0 Å². The van der Waals surface area contributed by atoms with Crippen molar-refractivity contribution in [1.29, 1.82) is 0 Å². The molecule has 0 spiro atoms. The first-order valence-electron chi connectivity index (χ1n) is 11.6. The highest BCUT2D eigenvalue weighted by atomic mass is 35.5. The molecule has 2 atom stereocenters. The van der Waals surface area contributed by atoms with Crippen molar-refractivity contribution < 1.29 is 18.0 Å². The van der Waals surface area contributed by atoms with Crippen molar-refractivity contribution in [3.63, 3.8) is 0 Å². The van der Waals surface area contributed by atoms with E-state index in [-0.39, 0.29) is 44.4 Å². The average molecular weight is 564 g/mol. The van der Waals surface area contributed by atoms with Gasteiger partial charge in [-0.2, -0.15) is 0 Å². The highest BCUT2D eigenvalue weighted by Crippen LogP contribution is 2.43. The molecule has 0 aliphatic heterocycles. The van der Waals surface area contributed by atoms with Gasteiger partial charge in [0.05, 0.1) is 25.8 Å². The van der Waals surface area contributed by atoms with Crippen molar-refractivity contribution in [2.24, 2.45) is 5.92 Å². The maximum Gasteiger partial charge on any atom is 0.185 e. The summed E-state index contributed by atoms with van der Waals surface area (Å²) in [6.45, 7) is 1.55. The van der Waals surface area contributed by atoms with Crippen molar-refractivity contribution in [2.75, 3.05) is 0 Å². The van der Waals surface area contributed by atoms with E-state index in [1.54, 1.807) is 43.3 Å². The molecule has 3 aromatic carbocycles. The van der Waals surface area contributed by atoms with Gasteiger partial charge in [-0.25, -0.2) is 8.42 Å². The molecule has 1 aliphatic carbocycles. The summed E-state index contributed by atoms with van der Waals surface area (Å²) in [5.74, 6) is -0.105. The summed E-state index contributed by atoms with van der Waals surface area (Å²) >= 11 is 18.5. The lowest BCUT2D eigenvalue weighted by molar-refractivity contribution is -0.117. The third-order valence-electron chi connectivity index (χ3n) is 6.62. The molecule has 0 amide bonds. The fraction of sp³-hybridized carbons (Fsp3) is 0.286. The van der Waals surface area contributed by atoms with Crippen LogP contribution in [0.2, 0.25) is 15.1 Å². The van der Waals surface area contributed by atoms with E-state index < -0.39 is 15.1 Å². The predicted octanol–water partition coefficient (Wildman–Crippen LogP) is 7.52. The van der Waals surface area contributed by atoms with Gasteiger partial charge < -0.3 is 4.79 Å². The van der Waals surface area contributed by atoms with E-state index in [0.29, 0.717) is 41.8 Å². The molecule has 0 bridgehead atoms. The van der Waals surface area contributed by atoms with Gasteiger partial charge >= 0.3 is 0 Å². The van der Waals surface area contributed by atoms with E-state index in [9.17, 15) is 18.0 Å². The highest BCUT2D eigenvalue weighted by Gasteiger charge is 2.37. The predicted molar refractivity (Wildman–Crippen MR) is 144 cm³/mol. The van der Waals surface area contributed by atoms with E-state index in [0.717, 1.165) is 5.56 Å². The van der Waals surface area contributed by atoms with Crippen LogP contribution in [0.5, 0.6) is 0 Å². The lowest BCUT2D eigenvalue weighted by Gasteiger charge is -2.32. The van der Waals surface area contributed by atoms with Crippen LogP contribution in [0.3, 0.4) is 0 Å². The largest absolute Gasteiger partial charge is 0.300 e. The van der Waals surface area contributed by atoms with Gasteiger partial charge in [-0.15, -0.1) is 0 Å². The third-order valence-corrected chi connectivity index (χ3v) is 9.59. The van der Waals surface area contributed by atoms with Crippen molar-refractivity contribution in [3.8, 4) is 0 Å². The zero-order valence-corrected chi connectivity index (χ0v) is 22.7. The molecule has 0 fully saturated rings. The molecule has 0 aromatic heterocycles. The van der Waals surface area contributed by atoms with Crippen LogP contribution in [0.15, 0.2) is 65.6 Å². The Kier molecular flexibility index (Phi) is 8.25. The average Bonchev–Trinajstić information content (AvgIpc) is 2.82. The molecule has 0 heterocycles. The number of fused-ring (bicyclic) bond motifs is 1. The number of hydrogen-bond acceptors (Lipinski definition) is 4. The number of halogens is 3. The van der Waals surface area contributed by atoms with Crippen LogP contribution >= 0.6 is 34.8 Å². The molecule has 4 rings (SSSR count). The zero-order chi connectivity index (χ0) is 26.0. The number of ketones is 2. The van der Waals surface area contributed by atoms with Gasteiger partial charge in [-0.3, -0.25) is 4.79 Å². The summed E-state index contributed by atoms with van der Waals surface area (Å²) in [6.07, 6.45) is 2.14. The first kappa shape index (κ1) is 26.9. The molecule has 1 unspecified atom stereocenters. The SMILES string of the molecule is CC(=O)CC[C@@H]1Cc2ccc(CC(=O)c3c(Cl)cccc3Cl)cc2C(S(=O)(=O)c2cccc(Cl)c2)C1. The number of sulfone groups is 1. The van der Waals surface area contributed by atoms with Gasteiger partial charge in [-0.05, 0) is 79.1 Å². The summed E-state index contributed by atoms with van der Waals surface area (Å²) < 4.78 is 27.6. The van der Waals surface area contributed by atoms with Crippen LogP contribution in [-0.2, 0) is 27.5 Å². The van der Waals surface area contributed by atoms with E-state index >= 15 is 0 Å². The molecular weight excluding hydrogens is 539 g/mol. The molecule has 3 aromatic rings. The quantitative estimate of drug-likeness (QED) is 0.266. The Morgan fingerprint density at radius 2 is 1.64 bits per heavy atom. The van der Waals surface area contributed by atoms with Crippen LogP contribution in [0.4, 0.5) is 0 Å². The molecule has 0 saturated carbocycles. The minimum Gasteiger partial charge on any atom is -0.300 e. The number of benzene rings is 3. The Morgan fingerprint density at radius 3 is 2.31 bits per heavy atom. The van der Waals surface area contributed by atoms with Crippen LogP contribution in [-0.4, -0.2) is 20.0 Å². The van der Waals surface area contributed by atoms with Crippen molar-refractivity contribution in [2.45, 2.75) is 49.2 Å². The summed E-state index contributed by atoms with van der Waals surface area (Å²) in [4.78, 5) is 24.8. The fourth-order valence-electron chi connectivity index (χ4n) is 4.83. The van der Waals surface area contributed by atoms with Gasteiger partial charge in [0.2, 0.25) is 0 Å². The summed E-state index contributed by atoms with van der Waals surface area (Å²) in [5, 5.41) is 0.0900. The maximum atomic E-state index is 13.8. The standard InChI is InChI=1S/C28H25Cl3O4S/c1-17(32)8-9-18-12-20-11-10-19(14-26(33)28-24(30)6-3-7-25(28)31)13-23(20)27(15-18)36(34,35)22-5-2-4-21(29)16-22/h2-7,10-11,13,16,18,27H,8-9,12,14-15H2,1H3/t18-,27?/m1/s1. The van der Waals surface area contributed by atoms with Gasteiger partial charge in [0.1, 0.15) is 5.78 Å². The Morgan fingerprint density at radius 1 is 0.944 bits per heavy atom. The smallest absolute Gasteiger partial charge is 0.185 e. The van der Waals surface area contributed by atoms with E-state index in [1.165, 1.54) is 6.07 Å². The molecule has 0 radical (unpaired) electrons. The highest BCUT2D eigenvalue weighted by molar-refractivity contribution is 7.91. The van der Waals surface area contributed by atoms with Crippen molar-refractivity contribution >= 4 is 56.2 Å². The lowest BCUT2D eigenvalue weighted by atomic mass is 9.80. The van der Waals surface area contributed by atoms with Gasteiger partial charge in [0, 0.05) is 17.9 Å². The Bertz CT molecular complexity index is 1410. The van der Waals surface area contributed by atoms with Crippen LogP contribution in [0, 0.1) is 5.92 Å². The Hall–Kier alpha value is -2.18. The molecule has 0 N–H and O–H groups in total. The Balaban J connectivity index is 1.72. The maximum absolute atomic E-state index is 13.8. The topological polar surface area (TPSA) is 68.3 Å². The van der Waals surface area contributed by atoms with Gasteiger partial charge in [-0.1, -0.05) is 65.1 Å². The van der Waals surface area contributed by atoms with Gasteiger partial charge in [0.25, 0.3) is 0 Å². The zero-order valence-electron chi connectivity index (χ0n) is 19.6. The molecule has 1 aliphatic rings. The number of carbonyl (C=O) groups excluding carboxylic acids is 2. The number of rotatable bonds is 8. The minimum absolute atomic E-state index is 0.0361. The van der Waals surface area contributed by atoms with Gasteiger partial charge in [0.15, 0.2) is 15.6 Å². The summed E-state index contributed by atoms with van der Waals surface area (Å²) in [6, 6.07) is 16.7. The lowest BCUT2D eigenvalue weighted by Crippen LogP contribution is -2.25. The minimum atomic E-state index is -3.78. The number of carbonyl (C=O) groups is 2. The second-order valence-corrected chi connectivity index (χ2v) is 12.6. The number of Topliss-reactive ketones (excluding diaryl/α,β-unsaturated/α-hetero) is 2. The second kappa shape index (κ2) is 11.1. The summed E-state index contributed by atoms with van der Waals surface area (Å²) in [7, 11) is -3.78. The molecule has 188 valence electrons. The first-order chi connectivity index (χ1) is 17.1. The first-order valence-corrected chi connectivity index (χ1v) is 14.3. The molecule has 8 heteroatoms. The van der Waals surface area contributed by atoms with E-state index in [1.807, 2.05) is 18.2 Å². The second-order valence-electron chi connectivity index (χ2n) is 9.27. The third kappa shape index (κ3) is 5.86. The van der Waals surface area contributed by atoms with E-state index in [2.05, 4.69) is 0 Å². The number of hydrogen-bond donors (Lipinski definition) is 0. The monoisotopic (exact) mass is 562 g/mol. The molecular formula is C28H25Cl3O4S. The Labute approximate surface area is 226 Å². The molecule has 0 saturated heterocycles. The summed E-state index contributed by atoms with van der Waals surface area (Å²) in [5.41, 5.74) is 2.54. The molecule has 36 heavy (non-hydrogen) atoms.